The summed E-state index contributed by atoms with van der Waals surface area (Å²) in [6.07, 6.45) is 0. The molecule has 0 saturated heterocycles. The fraction of sp³-hybridized carbons (Fsp3) is 0.154. The van der Waals surface area contributed by atoms with Crippen LogP contribution in [0.25, 0.3) is 0 Å². The molecule has 0 aliphatic heterocycles. The number of nitro benzene ring substituents is 1. The Morgan fingerprint density at radius 3 is 2.70 bits per heavy atom. The number of aryl methyl sites for hydroxylation is 2. The van der Waals surface area contributed by atoms with Crippen molar-refractivity contribution in [3.63, 3.8) is 0 Å². The summed E-state index contributed by atoms with van der Waals surface area (Å²) in [7, 11) is 0. The maximum absolute atomic E-state index is 10.9. The zero-order valence-electron chi connectivity index (χ0n) is 11.1. The van der Waals surface area contributed by atoms with E-state index >= 15 is 0 Å². The summed E-state index contributed by atoms with van der Waals surface area (Å²) in [5.74, 6) is 6.41. The first-order chi connectivity index (χ1) is 9.51. The van der Waals surface area contributed by atoms with E-state index in [-0.39, 0.29) is 5.69 Å². The van der Waals surface area contributed by atoms with Crippen molar-refractivity contribution in [1.82, 2.24) is 4.98 Å². The summed E-state index contributed by atoms with van der Waals surface area (Å²) < 4.78 is 5.59. The summed E-state index contributed by atoms with van der Waals surface area (Å²) in [5, 5.41) is 10.9. The second-order valence-electron chi connectivity index (χ2n) is 4.27. The van der Waals surface area contributed by atoms with Crippen molar-refractivity contribution in [2.24, 2.45) is 5.84 Å². The number of hydrogen-bond acceptors (Lipinski definition) is 6. The fourth-order valence-electron chi connectivity index (χ4n) is 1.79. The Bertz CT molecular complexity index is 658. The predicted molar refractivity (Wildman–Crippen MR) is 74.7 cm³/mol. The smallest absolute Gasteiger partial charge is 0.276 e. The highest BCUT2D eigenvalue weighted by Gasteiger charge is 2.15. The summed E-state index contributed by atoms with van der Waals surface area (Å²) in [6, 6.07) is 8.14. The van der Waals surface area contributed by atoms with E-state index in [1.807, 2.05) is 6.92 Å². The minimum Gasteiger partial charge on any atom is -0.438 e. The van der Waals surface area contributed by atoms with Crippen LogP contribution in [0.5, 0.6) is 11.6 Å². The molecule has 7 nitrogen and oxygen atoms in total. The van der Waals surface area contributed by atoms with E-state index < -0.39 is 4.92 Å². The van der Waals surface area contributed by atoms with Gasteiger partial charge in [0, 0.05) is 11.6 Å². The molecular formula is C13H14N4O3. The van der Waals surface area contributed by atoms with Crippen LogP contribution in [0.3, 0.4) is 0 Å². The number of rotatable bonds is 4. The van der Waals surface area contributed by atoms with Gasteiger partial charge < -0.3 is 10.2 Å². The summed E-state index contributed by atoms with van der Waals surface area (Å²) >= 11 is 0. The predicted octanol–water partition coefficient (Wildman–Crippen LogP) is 2.68. The monoisotopic (exact) mass is 274 g/mol. The molecule has 0 radical (unpaired) electrons. The first-order valence-corrected chi connectivity index (χ1v) is 5.88. The molecule has 0 saturated carbocycles. The van der Waals surface area contributed by atoms with Crippen molar-refractivity contribution in [2.75, 3.05) is 5.43 Å². The molecule has 2 rings (SSSR count). The Morgan fingerprint density at radius 2 is 2.05 bits per heavy atom. The topological polar surface area (TPSA) is 103 Å². The lowest BCUT2D eigenvalue weighted by molar-refractivity contribution is -0.385. The molecule has 0 amide bonds. The van der Waals surface area contributed by atoms with Gasteiger partial charge in [0.1, 0.15) is 11.6 Å². The lowest BCUT2D eigenvalue weighted by Gasteiger charge is -2.10. The highest BCUT2D eigenvalue weighted by molar-refractivity contribution is 5.50. The number of hydrogen-bond donors (Lipinski definition) is 2. The van der Waals surface area contributed by atoms with E-state index in [0.29, 0.717) is 23.0 Å². The Balaban J connectivity index is 2.37. The molecule has 0 fully saturated rings. The minimum atomic E-state index is -0.438. The number of aromatic nitrogens is 1. The van der Waals surface area contributed by atoms with Crippen molar-refractivity contribution < 1.29 is 9.66 Å². The average molecular weight is 274 g/mol. The molecule has 1 heterocycles. The first kappa shape index (κ1) is 13.8. The summed E-state index contributed by atoms with van der Waals surface area (Å²) in [6.45, 7) is 3.50. The lowest BCUT2D eigenvalue weighted by Crippen LogP contribution is -2.08. The van der Waals surface area contributed by atoms with E-state index in [1.54, 1.807) is 31.2 Å². The van der Waals surface area contributed by atoms with Gasteiger partial charge in [0.2, 0.25) is 5.88 Å². The van der Waals surface area contributed by atoms with E-state index in [1.165, 1.54) is 6.07 Å². The second-order valence-corrected chi connectivity index (χ2v) is 4.27. The molecule has 0 spiro atoms. The van der Waals surface area contributed by atoms with Gasteiger partial charge in [-0.1, -0.05) is 6.07 Å². The number of anilines is 1. The van der Waals surface area contributed by atoms with Crippen LogP contribution >= 0.6 is 0 Å². The van der Waals surface area contributed by atoms with Gasteiger partial charge in [0.05, 0.1) is 11.0 Å². The van der Waals surface area contributed by atoms with Crippen LogP contribution in [-0.4, -0.2) is 9.91 Å². The van der Waals surface area contributed by atoms with E-state index in [0.717, 1.165) is 5.56 Å². The van der Waals surface area contributed by atoms with Crippen molar-refractivity contribution in [2.45, 2.75) is 13.8 Å². The van der Waals surface area contributed by atoms with Gasteiger partial charge in [-0.05, 0) is 31.5 Å². The number of nitrogens with one attached hydrogen (secondary N) is 1. The fourth-order valence-corrected chi connectivity index (χ4v) is 1.79. The van der Waals surface area contributed by atoms with E-state index in [2.05, 4.69) is 10.4 Å². The maximum atomic E-state index is 10.9. The number of ether oxygens (including phenoxy) is 1. The summed E-state index contributed by atoms with van der Waals surface area (Å²) in [4.78, 5) is 14.6. The van der Waals surface area contributed by atoms with Crippen LogP contribution in [0, 0.1) is 24.0 Å². The van der Waals surface area contributed by atoms with Gasteiger partial charge in [-0.3, -0.25) is 10.1 Å². The van der Waals surface area contributed by atoms with Gasteiger partial charge in [-0.15, -0.1) is 0 Å². The van der Waals surface area contributed by atoms with Crippen molar-refractivity contribution in [3.8, 4) is 11.6 Å². The molecule has 3 N–H and O–H groups in total. The van der Waals surface area contributed by atoms with Gasteiger partial charge in [0.25, 0.3) is 5.69 Å². The van der Waals surface area contributed by atoms with Gasteiger partial charge in [-0.2, -0.15) is 4.98 Å². The maximum Gasteiger partial charge on any atom is 0.276 e. The first-order valence-electron chi connectivity index (χ1n) is 5.88. The Hall–Kier alpha value is -2.67. The van der Waals surface area contributed by atoms with Crippen molar-refractivity contribution in [1.29, 1.82) is 0 Å². The number of hydrazine groups is 1. The number of nitrogens with zero attached hydrogens (tertiary/aromatic N) is 2. The number of nitrogen functional groups attached to an aromatic ring is 1. The molecular weight excluding hydrogens is 260 g/mol. The van der Waals surface area contributed by atoms with Crippen LogP contribution in [0.15, 0.2) is 30.3 Å². The molecule has 0 unspecified atom stereocenters. The normalized spacial score (nSPS) is 10.2. The molecule has 20 heavy (non-hydrogen) atoms. The Labute approximate surface area is 115 Å². The molecule has 2 aromatic rings. The van der Waals surface area contributed by atoms with Crippen molar-refractivity contribution >= 4 is 11.5 Å². The second kappa shape index (κ2) is 5.54. The standard InChI is InChI=1S/C13H14N4O3/c1-8-6-9(2)11(7-10(8)17(18)19)20-13-5-3-4-12(15-13)16-14/h3-7H,14H2,1-2H3,(H,15,16). The minimum absolute atomic E-state index is 0.0127. The van der Waals surface area contributed by atoms with Gasteiger partial charge in [0.15, 0.2) is 0 Å². The number of nitrogens with two attached hydrogens (primary N) is 1. The third-order valence-corrected chi connectivity index (χ3v) is 2.78. The summed E-state index contributed by atoms with van der Waals surface area (Å²) in [5.41, 5.74) is 3.80. The molecule has 104 valence electrons. The van der Waals surface area contributed by atoms with E-state index in [9.17, 15) is 10.1 Å². The molecule has 1 aromatic heterocycles. The molecule has 0 aliphatic carbocycles. The quantitative estimate of drug-likeness (QED) is 0.504. The zero-order valence-corrected chi connectivity index (χ0v) is 11.1. The Kier molecular flexibility index (Phi) is 3.81. The van der Waals surface area contributed by atoms with Gasteiger partial charge in [-0.25, -0.2) is 5.84 Å². The SMILES string of the molecule is Cc1cc(C)c([N+](=O)[O-])cc1Oc1cccc(NN)n1. The Morgan fingerprint density at radius 1 is 1.30 bits per heavy atom. The van der Waals surface area contributed by atoms with Crippen molar-refractivity contribution in [3.05, 3.63) is 51.6 Å². The number of pyridine rings is 1. The van der Waals surface area contributed by atoms with Crippen LogP contribution in [0.1, 0.15) is 11.1 Å². The zero-order chi connectivity index (χ0) is 14.7. The van der Waals surface area contributed by atoms with Crippen LogP contribution in [0.4, 0.5) is 11.5 Å². The average Bonchev–Trinajstić information content (AvgIpc) is 2.41. The highest BCUT2D eigenvalue weighted by Crippen LogP contribution is 2.31. The lowest BCUT2D eigenvalue weighted by atomic mass is 10.1. The molecule has 1 aromatic carbocycles. The molecule has 0 atom stereocenters. The van der Waals surface area contributed by atoms with Gasteiger partial charge >= 0.3 is 0 Å². The highest BCUT2D eigenvalue weighted by atomic mass is 16.6. The number of benzene rings is 1. The third kappa shape index (κ3) is 2.83. The molecule has 7 heteroatoms. The van der Waals surface area contributed by atoms with E-state index in [4.69, 9.17) is 10.6 Å². The van der Waals surface area contributed by atoms with Crippen LogP contribution < -0.4 is 16.0 Å². The number of nitro groups is 1. The largest absolute Gasteiger partial charge is 0.438 e. The van der Waals surface area contributed by atoms with Crippen LogP contribution in [0.2, 0.25) is 0 Å². The molecule has 0 aliphatic rings. The van der Waals surface area contributed by atoms with Crippen LogP contribution in [-0.2, 0) is 0 Å². The molecule has 0 bridgehead atoms. The third-order valence-electron chi connectivity index (χ3n) is 2.78.